The van der Waals surface area contributed by atoms with E-state index >= 15 is 0 Å². The van der Waals surface area contributed by atoms with Gasteiger partial charge in [-0.2, -0.15) is 0 Å². The minimum atomic E-state index is -0.365. The average Bonchev–Trinajstić information content (AvgIpc) is 2.71. The molecule has 0 radical (unpaired) electrons. The zero-order valence-corrected chi connectivity index (χ0v) is 11.1. The van der Waals surface area contributed by atoms with E-state index in [9.17, 15) is 4.79 Å². The number of rotatable bonds is 5. The minimum absolute atomic E-state index is 0.0431. The molecular weight excluding hydrogens is 276 g/mol. The highest BCUT2D eigenvalue weighted by molar-refractivity contribution is 9.10. The molecule has 1 N–H and O–H groups in total. The van der Waals surface area contributed by atoms with Gasteiger partial charge in [0.25, 0.3) is 0 Å². The number of methoxy groups -OCH3 is 1. The van der Waals surface area contributed by atoms with Crippen LogP contribution >= 0.6 is 15.9 Å². The predicted octanol–water partition coefficient (Wildman–Crippen LogP) is 1.57. The molecule has 0 bridgehead atoms. The molecule has 2 unspecified atom stereocenters. The number of esters is 1. The fourth-order valence-corrected chi connectivity index (χ4v) is 1.52. The van der Waals surface area contributed by atoms with Gasteiger partial charge in [-0.3, -0.25) is 4.79 Å². The summed E-state index contributed by atoms with van der Waals surface area (Å²) in [5.74, 6) is 1.08. The van der Waals surface area contributed by atoms with Crippen molar-refractivity contribution in [2.45, 2.75) is 24.7 Å². The Balaban J connectivity index is 2.41. The van der Waals surface area contributed by atoms with Gasteiger partial charge >= 0.3 is 5.97 Å². The smallest absolute Gasteiger partial charge is 0.320 e. The first-order valence-electron chi connectivity index (χ1n) is 4.92. The maximum absolute atomic E-state index is 11.1. The van der Waals surface area contributed by atoms with Crippen molar-refractivity contribution in [1.82, 2.24) is 10.3 Å². The maximum atomic E-state index is 11.1. The number of hydrogen-bond acceptors (Lipinski definition) is 5. The average molecular weight is 291 g/mol. The highest BCUT2D eigenvalue weighted by atomic mass is 79.9. The topological polar surface area (TPSA) is 64.4 Å². The highest BCUT2D eigenvalue weighted by Gasteiger charge is 2.17. The van der Waals surface area contributed by atoms with Crippen LogP contribution in [-0.2, 0) is 9.53 Å². The van der Waals surface area contributed by atoms with Gasteiger partial charge in [-0.15, -0.1) is 0 Å². The summed E-state index contributed by atoms with van der Waals surface area (Å²) in [6, 6.07) is -0.0431. The van der Waals surface area contributed by atoms with Crippen LogP contribution in [0, 0.1) is 6.92 Å². The van der Waals surface area contributed by atoms with Crippen molar-refractivity contribution in [3.8, 4) is 0 Å². The van der Waals surface area contributed by atoms with Crippen molar-refractivity contribution in [1.29, 1.82) is 0 Å². The number of oxazole rings is 1. The standard InChI is InChI=1S/C10H15BrN2O3/c1-6-4-13-9(16-6)7(2)12-5-8(11)10(14)15-3/h4,7-8,12H,5H2,1-3H3. The van der Waals surface area contributed by atoms with Gasteiger partial charge in [0.1, 0.15) is 10.6 Å². The molecule has 90 valence electrons. The second kappa shape index (κ2) is 6.00. The molecule has 16 heavy (non-hydrogen) atoms. The fourth-order valence-electron chi connectivity index (χ4n) is 1.15. The molecule has 6 heteroatoms. The molecule has 0 aromatic carbocycles. The van der Waals surface area contributed by atoms with Crippen LogP contribution in [0.25, 0.3) is 0 Å². The Morgan fingerprint density at radius 1 is 1.75 bits per heavy atom. The van der Waals surface area contributed by atoms with E-state index < -0.39 is 0 Å². The molecular formula is C10H15BrN2O3. The van der Waals surface area contributed by atoms with E-state index in [4.69, 9.17) is 4.42 Å². The van der Waals surface area contributed by atoms with Crippen LogP contribution in [0.3, 0.4) is 0 Å². The number of ether oxygens (including phenoxy) is 1. The Hall–Kier alpha value is -0.880. The molecule has 1 aromatic rings. The van der Waals surface area contributed by atoms with Crippen LogP contribution in [0.1, 0.15) is 24.6 Å². The van der Waals surface area contributed by atoms with E-state index in [1.54, 1.807) is 6.20 Å². The van der Waals surface area contributed by atoms with Crippen molar-refractivity contribution >= 4 is 21.9 Å². The van der Waals surface area contributed by atoms with Crippen LogP contribution in [0.2, 0.25) is 0 Å². The van der Waals surface area contributed by atoms with Gasteiger partial charge < -0.3 is 14.5 Å². The summed E-state index contributed by atoms with van der Waals surface area (Å²) in [6.07, 6.45) is 1.67. The summed E-state index contributed by atoms with van der Waals surface area (Å²) in [5, 5.41) is 3.12. The molecule has 0 spiro atoms. The second-order valence-electron chi connectivity index (χ2n) is 3.43. The third-order valence-electron chi connectivity index (χ3n) is 2.07. The SMILES string of the molecule is COC(=O)C(Br)CNC(C)c1ncc(C)o1. The Kier molecular flexibility index (Phi) is 4.95. The Morgan fingerprint density at radius 2 is 2.44 bits per heavy atom. The number of hydrogen-bond donors (Lipinski definition) is 1. The summed E-state index contributed by atoms with van der Waals surface area (Å²) in [4.78, 5) is 14.8. The summed E-state index contributed by atoms with van der Waals surface area (Å²) >= 11 is 3.22. The number of nitrogens with one attached hydrogen (secondary N) is 1. The summed E-state index contributed by atoms with van der Waals surface area (Å²) in [7, 11) is 1.36. The number of carbonyl (C=O) groups excluding carboxylic acids is 1. The second-order valence-corrected chi connectivity index (χ2v) is 4.54. The summed E-state index contributed by atoms with van der Waals surface area (Å²) in [5.41, 5.74) is 0. The van der Waals surface area contributed by atoms with Gasteiger partial charge in [0.15, 0.2) is 0 Å². The first-order valence-corrected chi connectivity index (χ1v) is 5.83. The largest absolute Gasteiger partial charge is 0.468 e. The third-order valence-corrected chi connectivity index (χ3v) is 2.77. The van der Waals surface area contributed by atoms with Gasteiger partial charge in [-0.1, -0.05) is 15.9 Å². The molecule has 5 nitrogen and oxygen atoms in total. The van der Waals surface area contributed by atoms with Crippen LogP contribution in [0.5, 0.6) is 0 Å². The molecule has 1 rings (SSSR count). The third kappa shape index (κ3) is 3.61. The van der Waals surface area contributed by atoms with Crippen molar-refractivity contribution in [2.75, 3.05) is 13.7 Å². The lowest BCUT2D eigenvalue weighted by molar-refractivity contribution is -0.139. The van der Waals surface area contributed by atoms with Crippen molar-refractivity contribution in [3.63, 3.8) is 0 Å². The molecule has 0 amide bonds. The molecule has 1 aromatic heterocycles. The van der Waals surface area contributed by atoms with E-state index in [1.165, 1.54) is 7.11 Å². The van der Waals surface area contributed by atoms with Crippen molar-refractivity contribution in [2.24, 2.45) is 0 Å². The quantitative estimate of drug-likeness (QED) is 0.659. The Bertz CT molecular complexity index is 354. The first-order chi connectivity index (χ1) is 7.54. The molecule has 1 heterocycles. The van der Waals surface area contributed by atoms with E-state index in [0.29, 0.717) is 12.4 Å². The number of aromatic nitrogens is 1. The zero-order valence-electron chi connectivity index (χ0n) is 9.49. The lowest BCUT2D eigenvalue weighted by atomic mass is 10.3. The Morgan fingerprint density at radius 3 is 2.94 bits per heavy atom. The Labute approximate surface area is 103 Å². The minimum Gasteiger partial charge on any atom is -0.468 e. The molecule has 0 aliphatic carbocycles. The van der Waals surface area contributed by atoms with Crippen LogP contribution in [0.15, 0.2) is 10.6 Å². The molecule has 0 saturated carbocycles. The van der Waals surface area contributed by atoms with E-state index in [-0.39, 0.29) is 16.8 Å². The van der Waals surface area contributed by atoms with Crippen LogP contribution in [0.4, 0.5) is 0 Å². The van der Waals surface area contributed by atoms with E-state index in [0.717, 1.165) is 5.76 Å². The summed E-state index contributed by atoms with van der Waals surface area (Å²) in [6.45, 7) is 4.21. The number of carbonyl (C=O) groups is 1. The monoisotopic (exact) mass is 290 g/mol. The van der Waals surface area contributed by atoms with E-state index in [1.807, 2.05) is 13.8 Å². The lowest BCUT2D eigenvalue weighted by Gasteiger charge is -2.12. The zero-order chi connectivity index (χ0) is 12.1. The van der Waals surface area contributed by atoms with Gasteiger partial charge in [0.2, 0.25) is 5.89 Å². The first kappa shape index (κ1) is 13.2. The van der Waals surface area contributed by atoms with Crippen molar-refractivity contribution in [3.05, 3.63) is 17.8 Å². The van der Waals surface area contributed by atoms with Crippen molar-refractivity contribution < 1.29 is 13.9 Å². The number of halogens is 1. The van der Waals surface area contributed by atoms with Gasteiger partial charge in [0.05, 0.1) is 19.3 Å². The predicted molar refractivity (Wildman–Crippen MR) is 62.4 cm³/mol. The number of alkyl halides is 1. The van der Waals surface area contributed by atoms with Gasteiger partial charge in [-0.05, 0) is 13.8 Å². The fraction of sp³-hybridized carbons (Fsp3) is 0.600. The van der Waals surface area contributed by atoms with Gasteiger partial charge in [0, 0.05) is 6.54 Å². The number of aryl methyl sites for hydroxylation is 1. The number of nitrogens with zero attached hydrogens (tertiary/aromatic N) is 1. The molecule has 0 aliphatic heterocycles. The molecule has 0 fully saturated rings. The van der Waals surface area contributed by atoms with E-state index in [2.05, 4.69) is 31.0 Å². The molecule has 2 atom stereocenters. The lowest BCUT2D eigenvalue weighted by Crippen LogP contribution is -2.31. The maximum Gasteiger partial charge on any atom is 0.320 e. The molecule has 0 aliphatic rings. The van der Waals surface area contributed by atoms with Crippen LogP contribution in [-0.4, -0.2) is 29.4 Å². The van der Waals surface area contributed by atoms with Gasteiger partial charge in [-0.25, -0.2) is 4.98 Å². The molecule has 0 saturated heterocycles. The summed E-state index contributed by atoms with van der Waals surface area (Å²) < 4.78 is 9.95. The highest BCUT2D eigenvalue weighted by Crippen LogP contribution is 2.12. The van der Waals surface area contributed by atoms with Crippen LogP contribution < -0.4 is 5.32 Å². The normalized spacial score (nSPS) is 14.5.